The van der Waals surface area contributed by atoms with Gasteiger partial charge in [0.25, 0.3) is 5.56 Å². The minimum absolute atomic E-state index is 0.204. The molecule has 4 rings (SSSR count). The Kier molecular flexibility index (Phi) is 3.60. The maximum absolute atomic E-state index is 13.0. The van der Waals surface area contributed by atoms with Crippen molar-refractivity contribution in [3.63, 3.8) is 0 Å². The van der Waals surface area contributed by atoms with E-state index in [9.17, 15) is 9.59 Å². The Morgan fingerprint density at radius 3 is 2.68 bits per heavy atom. The second-order valence-electron chi connectivity index (χ2n) is 6.01. The molecule has 3 heterocycles. The molecule has 0 unspecified atom stereocenters. The highest BCUT2D eigenvalue weighted by Crippen LogP contribution is 2.18. The van der Waals surface area contributed by atoms with Gasteiger partial charge in [0.15, 0.2) is 11.2 Å². The molecule has 128 valence electrons. The van der Waals surface area contributed by atoms with E-state index in [1.54, 1.807) is 11.6 Å². The molecule has 25 heavy (non-hydrogen) atoms. The molecule has 0 saturated carbocycles. The smallest absolute Gasteiger partial charge is 0.297 e. The van der Waals surface area contributed by atoms with E-state index in [4.69, 9.17) is 0 Å². The van der Waals surface area contributed by atoms with Gasteiger partial charge in [0, 0.05) is 11.5 Å². The van der Waals surface area contributed by atoms with E-state index >= 15 is 0 Å². The molecule has 8 nitrogen and oxygen atoms in total. The number of imidazole rings is 1. The third kappa shape index (κ3) is 2.51. The highest BCUT2D eigenvalue weighted by molar-refractivity contribution is 9.10. The zero-order valence-corrected chi connectivity index (χ0v) is 15.2. The Balaban J connectivity index is 1.94. The zero-order valence-electron chi connectivity index (χ0n) is 13.7. The van der Waals surface area contributed by atoms with Gasteiger partial charge in [-0.3, -0.25) is 18.5 Å². The van der Waals surface area contributed by atoms with Crippen LogP contribution < -0.4 is 16.7 Å². The first-order chi connectivity index (χ1) is 12.0. The number of hydrogen-bond acceptors (Lipinski definition) is 5. The number of halogens is 1. The molecule has 0 fully saturated rings. The molecule has 0 radical (unpaired) electrons. The fraction of sp³-hybridized carbons (Fsp3) is 0.250. The number of anilines is 1. The monoisotopic (exact) mass is 402 g/mol. The quantitative estimate of drug-likeness (QED) is 0.703. The maximum atomic E-state index is 13.0. The summed E-state index contributed by atoms with van der Waals surface area (Å²) in [6.07, 6.45) is 0. The molecule has 1 N–H and O–H groups in total. The number of fused-ring (bicyclic) bond motifs is 3. The van der Waals surface area contributed by atoms with Crippen molar-refractivity contribution in [3.05, 3.63) is 55.1 Å². The third-order valence-electron chi connectivity index (χ3n) is 4.22. The van der Waals surface area contributed by atoms with Crippen molar-refractivity contribution in [2.75, 3.05) is 5.43 Å². The molecule has 1 aliphatic heterocycles. The molecule has 0 bridgehead atoms. The second kappa shape index (κ2) is 5.69. The third-order valence-corrected chi connectivity index (χ3v) is 4.75. The lowest BCUT2D eigenvalue weighted by molar-refractivity contribution is 0.654. The Morgan fingerprint density at radius 1 is 1.24 bits per heavy atom. The number of rotatable bonds is 2. The molecule has 1 aromatic carbocycles. The van der Waals surface area contributed by atoms with Crippen LogP contribution in [0.1, 0.15) is 12.5 Å². The van der Waals surface area contributed by atoms with E-state index in [1.165, 1.54) is 9.13 Å². The minimum Gasteiger partial charge on any atom is -0.297 e. The standard InChI is InChI=1S/C16H15BrN6O2/c1-9-7-22-12-13(18-15(22)20-19-9)21(2)16(25)23(14(12)24)8-10-3-5-11(17)6-4-10/h3-6H,7-8H2,1-2H3,(H,18,20). The SMILES string of the molecule is CC1=NNc2nc3c(c(=O)n(Cc4ccc(Br)cc4)c(=O)n3C)n2C1. The average Bonchev–Trinajstić information content (AvgIpc) is 2.97. The number of hydrazone groups is 1. The first-order valence-electron chi connectivity index (χ1n) is 7.69. The van der Waals surface area contributed by atoms with Crippen molar-refractivity contribution in [2.45, 2.75) is 20.0 Å². The number of aromatic nitrogens is 4. The summed E-state index contributed by atoms with van der Waals surface area (Å²) in [4.78, 5) is 30.1. The Labute approximate surface area is 150 Å². The lowest BCUT2D eigenvalue weighted by Gasteiger charge is -2.14. The summed E-state index contributed by atoms with van der Waals surface area (Å²) in [7, 11) is 1.62. The van der Waals surface area contributed by atoms with Gasteiger partial charge < -0.3 is 0 Å². The predicted octanol–water partition coefficient (Wildman–Crippen LogP) is 1.51. The summed E-state index contributed by atoms with van der Waals surface area (Å²) in [5.41, 5.74) is 4.54. The van der Waals surface area contributed by atoms with E-state index < -0.39 is 5.69 Å². The van der Waals surface area contributed by atoms with Gasteiger partial charge in [-0.2, -0.15) is 10.1 Å². The molecule has 9 heteroatoms. The molecule has 2 aromatic heterocycles. The molecular formula is C16H15BrN6O2. The average molecular weight is 403 g/mol. The van der Waals surface area contributed by atoms with Gasteiger partial charge in [-0.25, -0.2) is 10.2 Å². The largest absolute Gasteiger partial charge is 0.332 e. The Hall–Kier alpha value is -2.68. The predicted molar refractivity (Wildman–Crippen MR) is 99.2 cm³/mol. The molecule has 0 atom stereocenters. The van der Waals surface area contributed by atoms with Crippen molar-refractivity contribution < 1.29 is 0 Å². The van der Waals surface area contributed by atoms with Crippen LogP contribution in [0.5, 0.6) is 0 Å². The van der Waals surface area contributed by atoms with Crippen LogP contribution in [-0.4, -0.2) is 24.4 Å². The molecule has 1 aliphatic rings. The fourth-order valence-corrected chi connectivity index (χ4v) is 3.20. The minimum atomic E-state index is -0.395. The Morgan fingerprint density at radius 2 is 1.96 bits per heavy atom. The van der Waals surface area contributed by atoms with Crippen LogP contribution in [0, 0.1) is 0 Å². The van der Waals surface area contributed by atoms with Crippen molar-refractivity contribution in [2.24, 2.45) is 12.1 Å². The lowest BCUT2D eigenvalue weighted by atomic mass is 10.2. The van der Waals surface area contributed by atoms with Crippen LogP contribution in [-0.2, 0) is 20.1 Å². The zero-order chi connectivity index (χ0) is 17.7. The number of nitrogens with one attached hydrogen (secondary N) is 1. The van der Waals surface area contributed by atoms with E-state index in [-0.39, 0.29) is 12.1 Å². The van der Waals surface area contributed by atoms with Crippen molar-refractivity contribution in [1.29, 1.82) is 0 Å². The number of aryl methyl sites for hydroxylation is 1. The van der Waals surface area contributed by atoms with E-state index in [0.717, 1.165) is 15.7 Å². The van der Waals surface area contributed by atoms with Crippen molar-refractivity contribution in [3.8, 4) is 0 Å². The van der Waals surface area contributed by atoms with Crippen LogP contribution in [0.25, 0.3) is 11.2 Å². The topological polar surface area (TPSA) is 86.2 Å². The first kappa shape index (κ1) is 15.8. The summed E-state index contributed by atoms with van der Waals surface area (Å²) in [5.74, 6) is 0.467. The van der Waals surface area contributed by atoms with Gasteiger partial charge in [0.1, 0.15) is 0 Å². The summed E-state index contributed by atoms with van der Waals surface area (Å²) in [6, 6.07) is 7.52. The van der Waals surface area contributed by atoms with Gasteiger partial charge in [-0.1, -0.05) is 28.1 Å². The van der Waals surface area contributed by atoms with Gasteiger partial charge in [0.2, 0.25) is 5.95 Å². The first-order valence-corrected chi connectivity index (χ1v) is 8.48. The molecule has 0 spiro atoms. The van der Waals surface area contributed by atoms with E-state index in [0.29, 0.717) is 23.7 Å². The maximum Gasteiger partial charge on any atom is 0.332 e. The summed E-state index contributed by atoms with van der Waals surface area (Å²) < 4.78 is 5.34. The lowest BCUT2D eigenvalue weighted by Crippen LogP contribution is -2.40. The van der Waals surface area contributed by atoms with Gasteiger partial charge in [0.05, 0.1) is 18.8 Å². The van der Waals surface area contributed by atoms with Crippen LogP contribution in [0.2, 0.25) is 0 Å². The van der Waals surface area contributed by atoms with Gasteiger partial charge in [-0.15, -0.1) is 0 Å². The highest BCUT2D eigenvalue weighted by atomic mass is 79.9. The second-order valence-corrected chi connectivity index (χ2v) is 6.93. The molecule has 3 aromatic rings. The summed E-state index contributed by atoms with van der Waals surface area (Å²) >= 11 is 3.38. The molecule has 0 amide bonds. The number of hydrogen-bond donors (Lipinski definition) is 1. The van der Waals surface area contributed by atoms with Gasteiger partial charge in [-0.05, 0) is 24.6 Å². The molecule has 0 saturated heterocycles. The molecule has 0 aliphatic carbocycles. The van der Waals surface area contributed by atoms with E-state index in [1.807, 2.05) is 31.2 Å². The fourth-order valence-electron chi connectivity index (χ4n) is 2.93. The van der Waals surface area contributed by atoms with Crippen LogP contribution in [0.15, 0.2) is 43.4 Å². The highest BCUT2D eigenvalue weighted by Gasteiger charge is 2.22. The van der Waals surface area contributed by atoms with Crippen LogP contribution in [0.3, 0.4) is 0 Å². The van der Waals surface area contributed by atoms with Crippen molar-refractivity contribution >= 4 is 38.8 Å². The Bertz CT molecular complexity index is 1140. The van der Waals surface area contributed by atoms with E-state index in [2.05, 4.69) is 31.4 Å². The van der Waals surface area contributed by atoms with Crippen LogP contribution in [0.4, 0.5) is 5.95 Å². The van der Waals surface area contributed by atoms with Crippen molar-refractivity contribution in [1.82, 2.24) is 18.7 Å². The van der Waals surface area contributed by atoms with Gasteiger partial charge >= 0.3 is 5.69 Å². The number of benzene rings is 1. The van der Waals surface area contributed by atoms with Crippen LogP contribution >= 0.6 is 15.9 Å². The normalized spacial score (nSPS) is 13.5. The molecular weight excluding hydrogens is 388 g/mol. The summed E-state index contributed by atoms with van der Waals surface area (Å²) in [5, 5.41) is 4.13. The number of nitrogens with zero attached hydrogens (tertiary/aromatic N) is 5. The summed E-state index contributed by atoms with van der Waals surface area (Å²) in [6.45, 7) is 2.53.